The number of anilines is 2. The number of methoxy groups -OCH3 is 1. The maximum atomic E-state index is 12.7. The maximum absolute atomic E-state index is 12.7. The molecule has 3 amide bonds. The summed E-state index contributed by atoms with van der Waals surface area (Å²) in [6, 6.07) is 8.63. The van der Waals surface area contributed by atoms with Crippen LogP contribution in [0.3, 0.4) is 0 Å². The molecule has 1 aromatic heterocycles. The second-order valence-electron chi connectivity index (χ2n) is 8.55. The quantitative estimate of drug-likeness (QED) is 0.541. The molecular formula is C25H30BrN3O7S. The zero-order valence-corrected chi connectivity index (χ0v) is 23.1. The molecule has 0 bridgehead atoms. The lowest BCUT2D eigenvalue weighted by molar-refractivity contribution is -0.125. The van der Waals surface area contributed by atoms with Gasteiger partial charge in [0.1, 0.15) is 18.5 Å². The number of halogens is 1. The molecule has 0 saturated carbocycles. The second kappa shape index (κ2) is 12.7. The summed E-state index contributed by atoms with van der Waals surface area (Å²) >= 11 is 4.69. The second-order valence-corrected chi connectivity index (χ2v) is 11.0. The number of carbonyl (C=O) groups is 3. The van der Waals surface area contributed by atoms with E-state index in [4.69, 9.17) is 18.9 Å². The lowest BCUT2D eigenvalue weighted by Crippen LogP contribution is -2.42. The first-order chi connectivity index (χ1) is 17.9. The van der Waals surface area contributed by atoms with Crippen molar-refractivity contribution in [1.29, 1.82) is 0 Å². The minimum absolute atomic E-state index is 0.0499. The molecule has 0 aliphatic carbocycles. The van der Waals surface area contributed by atoms with Gasteiger partial charge in [0.25, 0.3) is 11.8 Å². The normalized spacial score (nSPS) is 20.6. The molecule has 2 saturated heterocycles. The zero-order valence-electron chi connectivity index (χ0n) is 20.7. The Morgan fingerprint density at radius 3 is 2.76 bits per heavy atom. The number of hydrogen-bond acceptors (Lipinski definition) is 8. The molecule has 4 heterocycles. The SMILES string of the molecule is CCCOC.O=C(NCC1OC(=O)N2c3ccc(N4CCOCC4=O)cc3OCC[C@@H]12)c1ccc(Br)s1. The Morgan fingerprint density at radius 1 is 1.24 bits per heavy atom. The highest BCUT2D eigenvalue weighted by Crippen LogP contribution is 2.40. The van der Waals surface area contributed by atoms with Gasteiger partial charge < -0.3 is 29.2 Å². The van der Waals surface area contributed by atoms with Crippen LogP contribution in [0.4, 0.5) is 16.2 Å². The van der Waals surface area contributed by atoms with Gasteiger partial charge in [-0.15, -0.1) is 11.3 Å². The minimum atomic E-state index is -0.495. The number of carbonyl (C=O) groups excluding carboxylic acids is 3. The summed E-state index contributed by atoms with van der Waals surface area (Å²) in [5, 5.41) is 2.86. The van der Waals surface area contributed by atoms with Gasteiger partial charge >= 0.3 is 6.09 Å². The van der Waals surface area contributed by atoms with Gasteiger partial charge in [-0.25, -0.2) is 4.79 Å². The van der Waals surface area contributed by atoms with Crippen molar-refractivity contribution in [2.75, 3.05) is 56.4 Å². The van der Waals surface area contributed by atoms with E-state index in [1.54, 1.807) is 41.2 Å². The van der Waals surface area contributed by atoms with Crippen molar-refractivity contribution in [1.82, 2.24) is 5.32 Å². The number of hydrogen-bond donors (Lipinski definition) is 1. The molecule has 3 aliphatic heterocycles. The molecule has 3 aliphatic rings. The van der Waals surface area contributed by atoms with Gasteiger partial charge in [0, 0.05) is 38.4 Å². The van der Waals surface area contributed by atoms with Crippen LogP contribution < -0.4 is 19.9 Å². The summed E-state index contributed by atoms with van der Waals surface area (Å²) in [5.74, 6) is 0.200. The van der Waals surface area contributed by atoms with Gasteiger partial charge in [0.15, 0.2) is 0 Å². The minimum Gasteiger partial charge on any atom is -0.491 e. The van der Waals surface area contributed by atoms with Crippen LogP contribution in [0.15, 0.2) is 34.1 Å². The zero-order chi connectivity index (χ0) is 26.4. The van der Waals surface area contributed by atoms with E-state index in [0.29, 0.717) is 48.2 Å². The fourth-order valence-corrected chi connectivity index (χ4v) is 5.63. The third-order valence-corrected chi connectivity index (χ3v) is 7.67. The molecule has 1 unspecified atom stereocenters. The summed E-state index contributed by atoms with van der Waals surface area (Å²) in [7, 11) is 1.71. The summed E-state index contributed by atoms with van der Waals surface area (Å²) in [5.41, 5.74) is 1.30. The topological polar surface area (TPSA) is 107 Å². The Bertz CT molecular complexity index is 1130. The lowest BCUT2D eigenvalue weighted by atomic mass is 10.1. The molecule has 0 spiro atoms. The van der Waals surface area contributed by atoms with Crippen LogP contribution >= 0.6 is 27.3 Å². The Morgan fingerprint density at radius 2 is 2.08 bits per heavy atom. The summed E-state index contributed by atoms with van der Waals surface area (Å²) in [6.45, 7) is 4.55. The monoisotopic (exact) mass is 595 g/mol. The van der Waals surface area contributed by atoms with Crippen LogP contribution in [-0.2, 0) is 19.0 Å². The van der Waals surface area contributed by atoms with Crippen molar-refractivity contribution in [3.63, 3.8) is 0 Å². The van der Waals surface area contributed by atoms with Crippen LogP contribution in [0.5, 0.6) is 5.75 Å². The molecule has 10 nitrogen and oxygen atoms in total. The Labute approximate surface area is 227 Å². The van der Waals surface area contributed by atoms with Crippen LogP contribution in [0.25, 0.3) is 0 Å². The third-order valence-electron chi connectivity index (χ3n) is 6.05. The smallest absolute Gasteiger partial charge is 0.415 e. The standard InChI is InChI=1S/C21H20BrN3O6S.C4H10O/c22-18-4-3-17(32-18)20(27)23-10-16-14-5-7-30-15-9-12(24-6-8-29-11-19(24)26)1-2-13(15)25(14)21(28)31-16;1-3-4-5-2/h1-4,9,14,16H,5-8,10-11H2,(H,23,27);3-4H2,1-2H3/t14-,16?;/m0./s1. The molecule has 2 atom stereocenters. The van der Waals surface area contributed by atoms with E-state index in [0.717, 1.165) is 16.8 Å². The number of benzene rings is 1. The fourth-order valence-electron chi connectivity index (χ4n) is 4.32. The van der Waals surface area contributed by atoms with E-state index in [-0.39, 0.29) is 31.0 Å². The molecule has 12 heteroatoms. The average Bonchev–Trinajstić information content (AvgIpc) is 3.40. The largest absolute Gasteiger partial charge is 0.491 e. The first-order valence-corrected chi connectivity index (χ1v) is 13.7. The van der Waals surface area contributed by atoms with Gasteiger partial charge in [-0.3, -0.25) is 14.5 Å². The number of amides is 3. The van der Waals surface area contributed by atoms with Crippen LogP contribution in [0, 0.1) is 0 Å². The fraction of sp³-hybridized carbons (Fsp3) is 0.480. The van der Waals surface area contributed by atoms with Crippen molar-refractivity contribution >= 4 is 56.5 Å². The van der Waals surface area contributed by atoms with Crippen molar-refractivity contribution < 1.29 is 33.3 Å². The molecular weight excluding hydrogens is 566 g/mol. The van der Waals surface area contributed by atoms with Gasteiger partial charge in [0.05, 0.1) is 40.2 Å². The number of nitrogens with zero attached hydrogens (tertiary/aromatic N) is 2. The number of thiophene rings is 1. The molecule has 200 valence electrons. The number of cyclic esters (lactones) is 1. The van der Waals surface area contributed by atoms with E-state index in [9.17, 15) is 14.4 Å². The third kappa shape index (κ3) is 6.43. The average molecular weight is 597 g/mol. The Kier molecular flexibility index (Phi) is 9.41. The number of morpholine rings is 1. The number of rotatable bonds is 6. The molecule has 5 rings (SSSR count). The van der Waals surface area contributed by atoms with Crippen LogP contribution in [0.1, 0.15) is 29.4 Å². The predicted octanol–water partition coefficient (Wildman–Crippen LogP) is 3.82. The lowest BCUT2D eigenvalue weighted by Gasteiger charge is -2.28. The first kappa shape index (κ1) is 27.4. The van der Waals surface area contributed by atoms with E-state index in [1.807, 2.05) is 6.07 Å². The van der Waals surface area contributed by atoms with Gasteiger partial charge in [0.2, 0.25) is 0 Å². The van der Waals surface area contributed by atoms with E-state index in [2.05, 4.69) is 28.2 Å². The molecule has 0 radical (unpaired) electrons. The molecule has 2 aromatic rings. The van der Waals surface area contributed by atoms with Crippen LogP contribution in [-0.4, -0.2) is 76.7 Å². The highest BCUT2D eigenvalue weighted by Gasteiger charge is 2.45. The highest BCUT2D eigenvalue weighted by atomic mass is 79.9. The first-order valence-electron chi connectivity index (χ1n) is 12.1. The van der Waals surface area contributed by atoms with Crippen molar-refractivity contribution in [2.45, 2.75) is 31.9 Å². The summed E-state index contributed by atoms with van der Waals surface area (Å²) < 4.78 is 22.3. The van der Waals surface area contributed by atoms with Crippen molar-refractivity contribution in [3.05, 3.63) is 39.0 Å². The van der Waals surface area contributed by atoms with Gasteiger partial charge in [-0.1, -0.05) is 6.92 Å². The highest BCUT2D eigenvalue weighted by molar-refractivity contribution is 9.11. The van der Waals surface area contributed by atoms with E-state index in [1.165, 1.54) is 11.3 Å². The number of nitrogens with one attached hydrogen (secondary N) is 1. The van der Waals surface area contributed by atoms with Crippen LogP contribution in [0.2, 0.25) is 0 Å². The van der Waals surface area contributed by atoms with Crippen molar-refractivity contribution in [2.24, 2.45) is 0 Å². The Balaban J connectivity index is 0.000000586. The van der Waals surface area contributed by atoms with Gasteiger partial charge in [-0.05, 0) is 46.6 Å². The molecule has 1 aromatic carbocycles. The van der Waals surface area contributed by atoms with E-state index >= 15 is 0 Å². The number of ether oxygens (including phenoxy) is 4. The maximum Gasteiger partial charge on any atom is 0.415 e. The predicted molar refractivity (Wildman–Crippen MR) is 143 cm³/mol. The summed E-state index contributed by atoms with van der Waals surface area (Å²) in [4.78, 5) is 41.1. The Hall–Kier alpha value is -2.67. The van der Waals surface area contributed by atoms with Crippen molar-refractivity contribution in [3.8, 4) is 5.75 Å². The molecule has 2 fully saturated rings. The van der Waals surface area contributed by atoms with Gasteiger partial charge in [-0.2, -0.15) is 0 Å². The molecule has 37 heavy (non-hydrogen) atoms. The molecule has 1 N–H and O–H groups in total. The van der Waals surface area contributed by atoms with E-state index < -0.39 is 12.2 Å². The number of fused-ring (bicyclic) bond motifs is 3. The summed E-state index contributed by atoms with van der Waals surface area (Å²) in [6.07, 6.45) is 0.702.